The van der Waals surface area contributed by atoms with Crippen molar-refractivity contribution >= 4 is 44.9 Å². The maximum Gasteiger partial charge on any atom is 0.408 e. The summed E-state index contributed by atoms with van der Waals surface area (Å²) in [5.41, 5.74) is -1.08. The van der Waals surface area contributed by atoms with Gasteiger partial charge in [-0.2, -0.15) is 0 Å². The zero-order valence-electron chi connectivity index (χ0n) is 23.4. The molecule has 2 aromatic rings. The quantitative estimate of drug-likeness (QED) is 0.388. The number of hydrogen-bond donors (Lipinski definition) is 1. The predicted octanol–water partition coefficient (Wildman–Crippen LogP) is 6.09. The first-order valence-electron chi connectivity index (χ1n) is 13.5. The molecule has 2 amide bonds. The summed E-state index contributed by atoms with van der Waals surface area (Å²) in [7, 11) is -4.38. The lowest BCUT2D eigenvalue weighted by Gasteiger charge is -2.28. The number of nitrogens with zero attached hydrogens (tertiary/aromatic N) is 1. The highest BCUT2D eigenvalue weighted by molar-refractivity contribution is 7.91. The van der Waals surface area contributed by atoms with Crippen molar-refractivity contribution in [2.24, 2.45) is 5.92 Å². The van der Waals surface area contributed by atoms with Crippen LogP contribution in [0.4, 0.5) is 23.7 Å². The van der Waals surface area contributed by atoms with Crippen LogP contribution < -0.4 is 10.2 Å². The van der Waals surface area contributed by atoms with Gasteiger partial charge in [0.1, 0.15) is 17.5 Å². The van der Waals surface area contributed by atoms with E-state index in [1.54, 1.807) is 45.0 Å². The summed E-state index contributed by atoms with van der Waals surface area (Å²) < 4.78 is 74.7. The summed E-state index contributed by atoms with van der Waals surface area (Å²) in [5, 5.41) is 2.74. The molecule has 8 nitrogen and oxygen atoms in total. The summed E-state index contributed by atoms with van der Waals surface area (Å²) in [5.74, 6) is -6.67. The van der Waals surface area contributed by atoms with E-state index in [0.717, 1.165) is 11.0 Å². The second kappa shape index (κ2) is 11.9. The number of alkyl halides is 2. The van der Waals surface area contributed by atoms with E-state index in [2.05, 4.69) is 5.32 Å². The third kappa shape index (κ3) is 7.63. The molecule has 1 N–H and O–H groups in total. The van der Waals surface area contributed by atoms with Crippen LogP contribution >= 0.6 is 11.6 Å². The summed E-state index contributed by atoms with van der Waals surface area (Å²) in [6.07, 6.45) is -1.77. The molecular formula is C29H32ClF3N2O6S. The average molecular weight is 629 g/mol. The van der Waals surface area contributed by atoms with Gasteiger partial charge in [-0.25, -0.2) is 26.4 Å². The number of halogens is 4. The maximum atomic E-state index is 15.4. The van der Waals surface area contributed by atoms with Crippen molar-refractivity contribution in [3.8, 4) is 0 Å². The molecule has 228 valence electrons. The molecule has 1 fully saturated rings. The fourth-order valence-corrected chi connectivity index (χ4v) is 6.81. The maximum absolute atomic E-state index is 15.4. The molecule has 1 aliphatic carbocycles. The number of anilines is 1. The highest BCUT2D eigenvalue weighted by Gasteiger charge is 2.41. The molecule has 0 aromatic heterocycles. The lowest BCUT2D eigenvalue weighted by Crippen LogP contribution is -2.51. The minimum atomic E-state index is -4.38. The third-order valence-electron chi connectivity index (χ3n) is 7.18. The third-order valence-corrected chi connectivity index (χ3v) is 9.20. The Morgan fingerprint density at radius 2 is 1.74 bits per heavy atom. The van der Waals surface area contributed by atoms with E-state index >= 15 is 4.39 Å². The Hall–Kier alpha value is -3.12. The minimum absolute atomic E-state index is 0.0961. The predicted molar refractivity (Wildman–Crippen MR) is 150 cm³/mol. The number of benzene rings is 2. The van der Waals surface area contributed by atoms with Crippen LogP contribution in [-0.2, 0) is 25.9 Å². The van der Waals surface area contributed by atoms with Crippen LogP contribution in [0.5, 0.6) is 0 Å². The number of carbonyl (C=O) groups excluding carboxylic acids is 3. The first-order chi connectivity index (χ1) is 19.4. The number of fused-ring (bicyclic) bond motifs is 1. The van der Waals surface area contributed by atoms with Crippen LogP contribution in [0.2, 0.25) is 5.02 Å². The Balaban J connectivity index is 1.74. The second-order valence-electron chi connectivity index (χ2n) is 11.8. The van der Waals surface area contributed by atoms with Crippen molar-refractivity contribution in [1.29, 1.82) is 0 Å². The minimum Gasteiger partial charge on any atom is -0.444 e. The normalized spacial score (nSPS) is 20.4. The van der Waals surface area contributed by atoms with E-state index in [1.807, 2.05) is 0 Å². The fourth-order valence-electron chi connectivity index (χ4n) is 5.07. The molecule has 0 bridgehead atoms. The van der Waals surface area contributed by atoms with Gasteiger partial charge in [-0.1, -0.05) is 23.7 Å². The number of carbonyl (C=O) groups is 3. The molecule has 1 atom stereocenters. The standard InChI is InChI=1S/C29H32ClF3N2O6S/c1-28(2,3)41-27(38)34-22-16-42(39,40)25-14-21(31)20(24(36)12-17-8-10-29(32,33)11-9-17)13-23(25)35(26(22)37)15-18-4-6-19(30)7-5-18/h4-7,13-14,17,22H,8-12,15-16H2,1-3H3,(H,34,38)/t22-/m0/s1. The molecule has 1 saturated carbocycles. The van der Waals surface area contributed by atoms with Gasteiger partial charge < -0.3 is 15.0 Å². The highest BCUT2D eigenvalue weighted by Crippen LogP contribution is 2.39. The number of amides is 2. The number of hydrogen-bond acceptors (Lipinski definition) is 6. The van der Waals surface area contributed by atoms with Crippen molar-refractivity contribution in [3.05, 3.63) is 58.4 Å². The number of Topliss-reactive ketones (excluding diaryl/α,β-unsaturated/α-hetero) is 1. The smallest absolute Gasteiger partial charge is 0.408 e. The number of alkyl carbamates (subject to hydrolysis) is 1. The number of nitrogens with one attached hydrogen (secondary N) is 1. The van der Waals surface area contributed by atoms with Crippen molar-refractivity contribution in [1.82, 2.24) is 5.32 Å². The number of sulfone groups is 1. The summed E-state index contributed by atoms with van der Waals surface area (Å²) >= 11 is 5.99. The highest BCUT2D eigenvalue weighted by atomic mass is 35.5. The zero-order valence-corrected chi connectivity index (χ0v) is 25.0. The lowest BCUT2D eigenvalue weighted by atomic mass is 9.83. The molecule has 1 heterocycles. The van der Waals surface area contributed by atoms with Crippen LogP contribution in [0.15, 0.2) is 41.3 Å². The van der Waals surface area contributed by atoms with E-state index in [4.69, 9.17) is 16.3 Å². The molecule has 0 saturated heterocycles. The van der Waals surface area contributed by atoms with Gasteiger partial charge in [0.25, 0.3) is 5.91 Å². The first-order valence-corrected chi connectivity index (χ1v) is 15.5. The first kappa shape index (κ1) is 31.8. The molecule has 0 radical (unpaired) electrons. The average Bonchev–Trinajstić information content (AvgIpc) is 2.93. The molecule has 0 unspecified atom stereocenters. The molecule has 42 heavy (non-hydrogen) atoms. The molecular weight excluding hydrogens is 597 g/mol. The van der Waals surface area contributed by atoms with E-state index < -0.39 is 67.2 Å². The molecule has 13 heteroatoms. The molecule has 0 spiro atoms. The van der Waals surface area contributed by atoms with Gasteiger partial charge in [0.05, 0.1) is 28.4 Å². The number of ether oxygens (including phenoxy) is 1. The fraction of sp³-hybridized carbons (Fsp3) is 0.483. The van der Waals surface area contributed by atoms with Gasteiger partial charge in [-0.05, 0) is 69.4 Å². The Bertz CT molecular complexity index is 1480. The van der Waals surface area contributed by atoms with Crippen LogP contribution in [0, 0.1) is 11.7 Å². The van der Waals surface area contributed by atoms with Gasteiger partial charge in [-0.3, -0.25) is 9.59 Å². The molecule has 2 aliphatic rings. The second-order valence-corrected chi connectivity index (χ2v) is 14.2. The zero-order chi connectivity index (χ0) is 31.0. The van der Waals surface area contributed by atoms with Crippen molar-refractivity contribution in [2.45, 2.75) is 81.9 Å². The topological polar surface area (TPSA) is 110 Å². The summed E-state index contributed by atoms with van der Waals surface area (Å²) in [6.45, 7) is 4.60. The Morgan fingerprint density at radius 1 is 1.12 bits per heavy atom. The summed E-state index contributed by atoms with van der Waals surface area (Å²) in [4.78, 5) is 40.1. The largest absolute Gasteiger partial charge is 0.444 e. The lowest BCUT2D eigenvalue weighted by molar-refractivity contribution is -0.120. The van der Waals surface area contributed by atoms with Gasteiger partial charge in [0.15, 0.2) is 15.6 Å². The molecule has 2 aromatic carbocycles. The van der Waals surface area contributed by atoms with E-state index in [-0.39, 0.29) is 50.3 Å². The summed E-state index contributed by atoms with van der Waals surface area (Å²) in [6, 6.07) is 6.49. The van der Waals surface area contributed by atoms with Crippen molar-refractivity contribution in [3.63, 3.8) is 0 Å². The molecule has 1 aliphatic heterocycles. The Morgan fingerprint density at radius 3 is 2.33 bits per heavy atom. The SMILES string of the molecule is CC(C)(C)OC(=O)N[C@H]1CS(=O)(=O)c2cc(F)c(C(=O)CC3CCC(F)(F)CC3)cc2N(Cc2ccc(Cl)cc2)C1=O. The van der Waals surface area contributed by atoms with Gasteiger partial charge in [-0.15, -0.1) is 0 Å². The molecule has 4 rings (SSSR count). The van der Waals surface area contributed by atoms with Crippen LogP contribution in [0.25, 0.3) is 0 Å². The Kier molecular flexibility index (Phi) is 8.99. The number of ketones is 1. The van der Waals surface area contributed by atoms with Crippen molar-refractivity contribution < 1.29 is 40.7 Å². The van der Waals surface area contributed by atoms with E-state index in [0.29, 0.717) is 16.7 Å². The number of rotatable bonds is 6. The van der Waals surface area contributed by atoms with Crippen LogP contribution in [-0.4, -0.2) is 49.5 Å². The monoisotopic (exact) mass is 628 g/mol. The van der Waals surface area contributed by atoms with Crippen molar-refractivity contribution in [2.75, 3.05) is 10.7 Å². The van der Waals surface area contributed by atoms with Gasteiger partial charge in [0.2, 0.25) is 5.92 Å². The van der Waals surface area contributed by atoms with E-state index in [1.165, 1.54) is 0 Å². The van der Waals surface area contributed by atoms with Gasteiger partial charge in [0, 0.05) is 24.3 Å². The van der Waals surface area contributed by atoms with Gasteiger partial charge >= 0.3 is 6.09 Å². The van der Waals surface area contributed by atoms with Crippen LogP contribution in [0.3, 0.4) is 0 Å². The van der Waals surface area contributed by atoms with Crippen LogP contribution in [0.1, 0.15) is 68.8 Å². The Labute approximate surface area is 247 Å². The van der Waals surface area contributed by atoms with E-state index in [9.17, 15) is 31.6 Å².